The van der Waals surface area contributed by atoms with Gasteiger partial charge in [0, 0.05) is 0 Å². The van der Waals surface area contributed by atoms with Crippen molar-refractivity contribution in [2.24, 2.45) is 0 Å². The van der Waals surface area contributed by atoms with Gasteiger partial charge in [0.05, 0.1) is 22.3 Å². The Morgan fingerprint density at radius 3 is 1.63 bits per heavy atom. The minimum Gasteiger partial charge on any atom is -0.478 e. The van der Waals surface area contributed by atoms with E-state index in [1.807, 2.05) is 0 Å². The molecule has 27 heavy (non-hydrogen) atoms. The van der Waals surface area contributed by atoms with E-state index in [9.17, 15) is 44.4 Å². The van der Waals surface area contributed by atoms with E-state index in [2.05, 4.69) is 0 Å². The van der Waals surface area contributed by atoms with E-state index in [0.717, 1.165) is 0 Å². The molecule has 4 N–H and O–H groups in total. The van der Waals surface area contributed by atoms with Gasteiger partial charge in [-0.2, -0.15) is 0 Å². The van der Waals surface area contributed by atoms with E-state index >= 15 is 0 Å². The number of benzene rings is 2. The molecule has 0 unspecified atom stereocenters. The maximum atomic E-state index is 12.1. The van der Waals surface area contributed by atoms with E-state index in [4.69, 9.17) is 4.74 Å². The Kier molecular flexibility index (Phi) is 5.21. The van der Waals surface area contributed by atoms with E-state index in [0.29, 0.717) is 6.07 Å². The van der Waals surface area contributed by atoms with Crippen LogP contribution in [0.1, 0.15) is 51.8 Å². The number of carboxylic acid groups (broad SMARTS) is 4. The van der Waals surface area contributed by atoms with Gasteiger partial charge in [0.2, 0.25) is 0 Å². The van der Waals surface area contributed by atoms with Crippen LogP contribution in [0.3, 0.4) is 0 Å². The number of rotatable bonds is 6. The van der Waals surface area contributed by atoms with Gasteiger partial charge in [-0.25, -0.2) is 24.0 Å². The third-order valence-electron chi connectivity index (χ3n) is 3.38. The van der Waals surface area contributed by atoms with E-state index in [1.165, 1.54) is 24.3 Å². The summed E-state index contributed by atoms with van der Waals surface area (Å²) in [4.78, 5) is 57.8. The smallest absolute Gasteiger partial charge is 0.343 e. The lowest BCUT2D eigenvalue weighted by Crippen LogP contribution is -2.22. The molecule has 2 rings (SSSR count). The molecular weight excluding hydrogens is 364 g/mol. The second kappa shape index (κ2) is 7.35. The molecule has 0 saturated carbocycles. The highest BCUT2D eigenvalue weighted by atomic mass is 16.5. The lowest BCUT2D eigenvalue weighted by atomic mass is 9.94. The van der Waals surface area contributed by atoms with E-state index in [-0.39, 0.29) is 5.56 Å². The van der Waals surface area contributed by atoms with Gasteiger partial charge in [0.25, 0.3) is 0 Å². The molecule has 0 aliphatic heterocycles. The van der Waals surface area contributed by atoms with Crippen molar-refractivity contribution >= 4 is 29.8 Å². The Morgan fingerprint density at radius 2 is 1.19 bits per heavy atom. The van der Waals surface area contributed by atoms with E-state index < -0.39 is 57.8 Å². The fourth-order valence-corrected chi connectivity index (χ4v) is 2.29. The molecule has 2 aromatic rings. The average molecular weight is 374 g/mol. The molecule has 0 aliphatic carbocycles. The SMILES string of the molecule is O=C(Oc1cc(C(=O)O)c(C(=O)O)c(C(=O)O)c1C(=O)O)c1ccccc1. The standard InChI is InChI=1S/C17H10O10/c18-13(19)8-6-9(27-17(26)7-4-2-1-3-5-7)11(15(22)23)12(16(24)25)10(8)14(20)21/h1-6H,(H,18,19)(H,20,21)(H,22,23)(H,24,25). The van der Waals surface area contributed by atoms with Crippen LogP contribution in [0.5, 0.6) is 5.75 Å². The molecule has 10 heteroatoms. The summed E-state index contributed by atoms with van der Waals surface area (Å²) < 4.78 is 4.87. The van der Waals surface area contributed by atoms with Crippen LogP contribution in [-0.4, -0.2) is 50.3 Å². The van der Waals surface area contributed by atoms with Gasteiger partial charge in [0.1, 0.15) is 11.3 Å². The number of hydrogen-bond acceptors (Lipinski definition) is 6. The van der Waals surface area contributed by atoms with Crippen molar-refractivity contribution in [1.29, 1.82) is 0 Å². The first-order valence-electron chi connectivity index (χ1n) is 7.06. The molecule has 0 heterocycles. The Hall–Kier alpha value is -4.21. The molecular formula is C17H10O10. The molecule has 0 radical (unpaired) electrons. The summed E-state index contributed by atoms with van der Waals surface area (Å²) in [6.07, 6.45) is 0. The number of esters is 1. The van der Waals surface area contributed by atoms with Gasteiger partial charge >= 0.3 is 29.8 Å². The Morgan fingerprint density at radius 1 is 0.667 bits per heavy atom. The Balaban J connectivity index is 2.78. The van der Waals surface area contributed by atoms with Gasteiger partial charge in [-0.05, 0) is 18.2 Å². The predicted molar refractivity (Wildman–Crippen MR) is 85.7 cm³/mol. The van der Waals surface area contributed by atoms with Crippen LogP contribution < -0.4 is 4.74 Å². The molecule has 10 nitrogen and oxygen atoms in total. The van der Waals surface area contributed by atoms with Crippen molar-refractivity contribution in [3.63, 3.8) is 0 Å². The van der Waals surface area contributed by atoms with Crippen LogP contribution in [0.25, 0.3) is 0 Å². The third-order valence-corrected chi connectivity index (χ3v) is 3.38. The summed E-state index contributed by atoms with van der Waals surface area (Å²) in [7, 11) is 0. The first kappa shape index (κ1) is 19.1. The van der Waals surface area contributed by atoms with Crippen molar-refractivity contribution in [3.05, 3.63) is 64.2 Å². The molecule has 0 atom stereocenters. The molecule has 2 aromatic carbocycles. The fourth-order valence-electron chi connectivity index (χ4n) is 2.29. The zero-order valence-corrected chi connectivity index (χ0v) is 13.2. The summed E-state index contributed by atoms with van der Waals surface area (Å²) in [5.41, 5.74) is -4.78. The van der Waals surface area contributed by atoms with Crippen LogP contribution in [0.2, 0.25) is 0 Å². The minimum atomic E-state index is -2.01. The average Bonchev–Trinajstić information content (AvgIpc) is 2.60. The first-order chi connectivity index (χ1) is 12.6. The lowest BCUT2D eigenvalue weighted by molar-refractivity contribution is 0.0611. The van der Waals surface area contributed by atoms with Crippen molar-refractivity contribution in [1.82, 2.24) is 0 Å². The maximum Gasteiger partial charge on any atom is 0.343 e. The maximum absolute atomic E-state index is 12.1. The number of carbonyl (C=O) groups excluding carboxylic acids is 1. The highest BCUT2D eigenvalue weighted by molar-refractivity contribution is 6.15. The first-order valence-corrected chi connectivity index (χ1v) is 7.06. The second-order valence-corrected chi connectivity index (χ2v) is 5.02. The van der Waals surface area contributed by atoms with Gasteiger partial charge in [0.15, 0.2) is 0 Å². The minimum absolute atomic E-state index is 0.0232. The summed E-state index contributed by atoms with van der Waals surface area (Å²) >= 11 is 0. The fraction of sp³-hybridized carbons (Fsp3) is 0. The van der Waals surface area contributed by atoms with Crippen molar-refractivity contribution < 1.29 is 49.1 Å². The Labute approximate surface area is 149 Å². The van der Waals surface area contributed by atoms with Crippen LogP contribution in [0.4, 0.5) is 0 Å². The molecule has 0 aromatic heterocycles. The molecule has 0 bridgehead atoms. The third kappa shape index (κ3) is 3.74. The summed E-state index contributed by atoms with van der Waals surface area (Å²) in [6.45, 7) is 0. The van der Waals surface area contributed by atoms with Gasteiger partial charge in [-0.3, -0.25) is 0 Å². The molecule has 138 valence electrons. The van der Waals surface area contributed by atoms with Crippen molar-refractivity contribution in [2.45, 2.75) is 0 Å². The zero-order valence-electron chi connectivity index (χ0n) is 13.2. The van der Waals surface area contributed by atoms with Crippen LogP contribution in [0, 0.1) is 0 Å². The quantitative estimate of drug-likeness (QED) is 0.430. The van der Waals surface area contributed by atoms with Crippen molar-refractivity contribution in [2.75, 3.05) is 0 Å². The highest BCUT2D eigenvalue weighted by Crippen LogP contribution is 2.30. The lowest BCUT2D eigenvalue weighted by Gasteiger charge is -2.14. The summed E-state index contributed by atoms with van der Waals surface area (Å²) in [5, 5.41) is 36.9. The predicted octanol–water partition coefficient (Wildman–Crippen LogP) is 1.70. The van der Waals surface area contributed by atoms with E-state index in [1.54, 1.807) is 6.07 Å². The zero-order chi connectivity index (χ0) is 20.3. The molecule has 0 amide bonds. The normalized spacial score (nSPS) is 10.1. The highest BCUT2D eigenvalue weighted by Gasteiger charge is 2.34. The molecule has 0 fully saturated rings. The number of carbonyl (C=O) groups is 5. The largest absolute Gasteiger partial charge is 0.478 e. The molecule has 0 saturated heterocycles. The van der Waals surface area contributed by atoms with Gasteiger partial charge in [-0.1, -0.05) is 18.2 Å². The molecule has 0 aliphatic rings. The number of aromatic carboxylic acids is 4. The number of carboxylic acids is 4. The summed E-state index contributed by atoms with van der Waals surface area (Å²) in [6, 6.07) is 7.69. The van der Waals surface area contributed by atoms with Crippen LogP contribution in [0.15, 0.2) is 36.4 Å². The van der Waals surface area contributed by atoms with Gasteiger partial charge < -0.3 is 25.2 Å². The van der Waals surface area contributed by atoms with Crippen LogP contribution >= 0.6 is 0 Å². The van der Waals surface area contributed by atoms with Crippen molar-refractivity contribution in [3.8, 4) is 5.75 Å². The van der Waals surface area contributed by atoms with Crippen LogP contribution in [-0.2, 0) is 0 Å². The number of ether oxygens (including phenoxy) is 1. The van der Waals surface area contributed by atoms with Gasteiger partial charge in [-0.15, -0.1) is 0 Å². The number of hydrogen-bond donors (Lipinski definition) is 4. The topological polar surface area (TPSA) is 176 Å². The monoisotopic (exact) mass is 374 g/mol. The second-order valence-electron chi connectivity index (χ2n) is 5.02. The Bertz CT molecular complexity index is 975. The summed E-state index contributed by atoms with van der Waals surface area (Å²) in [5.74, 6) is -9.73. The molecule has 0 spiro atoms.